The molecule has 0 rings (SSSR count). The molecule has 0 saturated heterocycles. The van der Waals surface area contributed by atoms with Gasteiger partial charge in [-0.15, -0.1) is 0 Å². The Morgan fingerprint density at radius 3 is 1.16 bits per heavy atom. The van der Waals surface area contributed by atoms with Crippen LogP contribution < -0.4 is 0 Å². The van der Waals surface area contributed by atoms with Gasteiger partial charge in [-0.25, -0.2) is 0 Å². The molecule has 0 aliphatic rings. The van der Waals surface area contributed by atoms with E-state index >= 15 is 0 Å². The molecule has 0 bridgehead atoms. The van der Waals surface area contributed by atoms with Crippen LogP contribution in [0.4, 0.5) is 0 Å². The molecule has 2 atom stereocenters. The first kappa shape index (κ1) is 43.4. The van der Waals surface area contributed by atoms with Crippen molar-refractivity contribution in [3.05, 3.63) is 0 Å². The monoisotopic (exact) mass is 639 g/mol. The van der Waals surface area contributed by atoms with Crippen molar-refractivity contribution in [2.24, 2.45) is 5.92 Å². The van der Waals surface area contributed by atoms with Crippen molar-refractivity contribution in [3.8, 4) is 0 Å². The van der Waals surface area contributed by atoms with E-state index in [4.69, 9.17) is 14.2 Å². The Hall–Kier alpha value is -1.59. The van der Waals surface area contributed by atoms with Gasteiger partial charge in [-0.1, -0.05) is 169 Å². The number of ether oxygens (including phenoxy) is 3. The van der Waals surface area contributed by atoms with Crippen molar-refractivity contribution < 1.29 is 28.6 Å². The predicted molar refractivity (Wildman–Crippen MR) is 187 cm³/mol. The Morgan fingerprint density at radius 2 is 0.778 bits per heavy atom. The second kappa shape index (κ2) is 33.8. The highest BCUT2D eigenvalue weighted by atomic mass is 16.6. The molecular weight excluding hydrogens is 564 g/mol. The third-order valence-electron chi connectivity index (χ3n) is 8.90. The fraction of sp³-hybridized carbons (Fsp3) is 0.923. The van der Waals surface area contributed by atoms with E-state index in [0.29, 0.717) is 19.3 Å². The van der Waals surface area contributed by atoms with Crippen molar-refractivity contribution in [2.75, 3.05) is 13.2 Å². The van der Waals surface area contributed by atoms with Crippen molar-refractivity contribution in [2.45, 2.75) is 214 Å². The highest BCUT2D eigenvalue weighted by Gasteiger charge is 2.19. The molecule has 1 unspecified atom stereocenters. The molecular formula is C39H74O6. The molecule has 0 aromatic carbocycles. The third kappa shape index (κ3) is 32.2. The van der Waals surface area contributed by atoms with Gasteiger partial charge in [0.1, 0.15) is 13.2 Å². The van der Waals surface area contributed by atoms with Gasteiger partial charge in [-0.3, -0.25) is 14.4 Å². The number of carbonyl (C=O) groups is 3. The summed E-state index contributed by atoms with van der Waals surface area (Å²) in [7, 11) is 0. The Labute approximate surface area is 278 Å². The molecule has 0 N–H and O–H groups in total. The minimum atomic E-state index is -0.756. The molecule has 0 amide bonds. The smallest absolute Gasteiger partial charge is 0.306 e. The Balaban J connectivity index is 4.35. The number of hydrogen-bond acceptors (Lipinski definition) is 6. The summed E-state index contributed by atoms with van der Waals surface area (Å²) in [6.07, 6.45) is 29.5. The van der Waals surface area contributed by atoms with Crippen molar-refractivity contribution in [3.63, 3.8) is 0 Å². The fourth-order valence-electron chi connectivity index (χ4n) is 5.53. The van der Waals surface area contributed by atoms with Crippen molar-refractivity contribution in [1.29, 1.82) is 0 Å². The number of hydrogen-bond donors (Lipinski definition) is 0. The Kier molecular flexibility index (Phi) is 32.6. The molecule has 0 aromatic rings. The quantitative estimate of drug-likeness (QED) is 0.0396. The normalized spacial score (nSPS) is 12.5. The zero-order valence-corrected chi connectivity index (χ0v) is 30.3. The average molecular weight is 639 g/mol. The van der Waals surface area contributed by atoms with Crippen LogP contribution in [0.2, 0.25) is 0 Å². The maximum absolute atomic E-state index is 12.6. The lowest BCUT2D eigenvalue weighted by Crippen LogP contribution is -2.30. The van der Waals surface area contributed by atoms with Gasteiger partial charge < -0.3 is 14.2 Å². The predicted octanol–water partition coefficient (Wildman–Crippen LogP) is 11.6. The van der Waals surface area contributed by atoms with Crippen LogP contribution in [-0.4, -0.2) is 37.2 Å². The summed E-state index contributed by atoms with van der Waals surface area (Å²) in [6, 6.07) is 0. The molecule has 266 valence electrons. The van der Waals surface area contributed by atoms with Crippen LogP contribution in [0.5, 0.6) is 0 Å². The molecule has 6 nitrogen and oxygen atoms in total. The van der Waals surface area contributed by atoms with Crippen LogP contribution in [-0.2, 0) is 28.6 Å². The molecule has 0 saturated carbocycles. The largest absolute Gasteiger partial charge is 0.462 e. The standard InChI is InChI=1S/C39H74O6/c1-5-8-10-12-14-15-16-18-24-28-32-39(42)45-36(33-43-37(40)30-26-22-17-13-11-9-6-2)34-44-38(41)31-27-23-20-19-21-25-29-35(4)7-3/h35-36H,5-34H2,1-4H3/t35?,36-/m0/s1. The van der Waals surface area contributed by atoms with Crippen LogP contribution in [0.15, 0.2) is 0 Å². The number of rotatable bonds is 34. The fourth-order valence-corrected chi connectivity index (χ4v) is 5.53. The second-order valence-corrected chi connectivity index (χ2v) is 13.5. The van der Waals surface area contributed by atoms with Gasteiger partial charge >= 0.3 is 17.9 Å². The summed E-state index contributed by atoms with van der Waals surface area (Å²) < 4.78 is 16.5. The van der Waals surface area contributed by atoms with Gasteiger partial charge in [0.2, 0.25) is 0 Å². The molecule has 45 heavy (non-hydrogen) atoms. The SMILES string of the molecule is CCCCCCCCCCCCC(=O)O[C@@H](COC(=O)CCCCCCCCC)COC(=O)CCCCCCCCC(C)CC. The van der Waals surface area contributed by atoms with E-state index in [2.05, 4.69) is 27.7 Å². The highest BCUT2D eigenvalue weighted by molar-refractivity contribution is 5.71. The van der Waals surface area contributed by atoms with Gasteiger partial charge in [0.25, 0.3) is 0 Å². The van der Waals surface area contributed by atoms with Crippen molar-refractivity contribution >= 4 is 17.9 Å². The summed E-state index contributed by atoms with van der Waals surface area (Å²) in [4.78, 5) is 37.3. The van der Waals surface area contributed by atoms with E-state index in [9.17, 15) is 14.4 Å². The summed E-state index contributed by atoms with van der Waals surface area (Å²) in [5, 5.41) is 0. The first-order valence-corrected chi connectivity index (χ1v) is 19.4. The molecule has 0 aliphatic heterocycles. The van der Waals surface area contributed by atoms with Crippen LogP contribution in [0.3, 0.4) is 0 Å². The third-order valence-corrected chi connectivity index (χ3v) is 8.90. The van der Waals surface area contributed by atoms with E-state index in [1.54, 1.807) is 0 Å². The molecule has 0 heterocycles. The first-order valence-electron chi connectivity index (χ1n) is 19.4. The maximum Gasteiger partial charge on any atom is 0.306 e. The Bertz CT molecular complexity index is 678. The average Bonchev–Trinajstić information content (AvgIpc) is 3.03. The lowest BCUT2D eigenvalue weighted by molar-refractivity contribution is -0.167. The molecule has 6 heteroatoms. The van der Waals surface area contributed by atoms with Gasteiger partial charge in [0, 0.05) is 19.3 Å². The molecule has 0 spiro atoms. The van der Waals surface area contributed by atoms with E-state index in [0.717, 1.165) is 63.7 Å². The van der Waals surface area contributed by atoms with E-state index < -0.39 is 6.10 Å². The summed E-state index contributed by atoms with van der Waals surface area (Å²) in [5.41, 5.74) is 0. The molecule has 0 aliphatic carbocycles. The second-order valence-electron chi connectivity index (χ2n) is 13.5. The Morgan fingerprint density at radius 1 is 0.444 bits per heavy atom. The van der Waals surface area contributed by atoms with Crippen LogP contribution in [0.1, 0.15) is 207 Å². The number of unbranched alkanes of at least 4 members (excludes halogenated alkanes) is 20. The van der Waals surface area contributed by atoms with Crippen LogP contribution in [0, 0.1) is 5.92 Å². The van der Waals surface area contributed by atoms with Gasteiger partial charge in [-0.05, 0) is 25.2 Å². The summed E-state index contributed by atoms with van der Waals surface area (Å²) >= 11 is 0. The number of carbonyl (C=O) groups excluding carboxylic acids is 3. The van der Waals surface area contributed by atoms with Gasteiger partial charge in [0.15, 0.2) is 6.10 Å². The minimum Gasteiger partial charge on any atom is -0.462 e. The lowest BCUT2D eigenvalue weighted by atomic mass is 10.00. The number of esters is 3. The van der Waals surface area contributed by atoms with Gasteiger partial charge in [-0.2, -0.15) is 0 Å². The van der Waals surface area contributed by atoms with Crippen LogP contribution in [0.25, 0.3) is 0 Å². The maximum atomic E-state index is 12.6. The molecule has 0 fully saturated rings. The summed E-state index contributed by atoms with van der Waals surface area (Å²) in [5.74, 6) is -0.0602. The zero-order valence-electron chi connectivity index (χ0n) is 30.3. The van der Waals surface area contributed by atoms with E-state index in [1.807, 2.05) is 0 Å². The first-order chi connectivity index (χ1) is 21.9. The van der Waals surface area contributed by atoms with E-state index in [1.165, 1.54) is 103 Å². The highest BCUT2D eigenvalue weighted by Crippen LogP contribution is 2.16. The van der Waals surface area contributed by atoms with Crippen LogP contribution >= 0.6 is 0 Å². The molecule has 0 radical (unpaired) electrons. The minimum absolute atomic E-state index is 0.0664. The summed E-state index contributed by atoms with van der Waals surface area (Å²) in [6.45, 7) is 8.88. The lowest BCUT2D eigenvalue weighted by Gasteiger charge is -2.18. The zero-order chi connectivity index (χ0) is 33.2. The van der Waals surface area contributed by atoms with Gasteiger partial charge in [0.05, 0.1) is 0 Å². The van der Waals surface area contributed by atoms with E-state index in [-0.39, 0.29) is 31.1 Å². The van der Waals surface area contributed by atoms with Crippen molar-refractivity contribution in [1.82, 2.24) is 0 Å². The topological polar surface area (TPSA) is 78.9 Å². The molecule has 0 aromatic heterocycles.